The summed E-state index contributed by atoms with van der Waals surface area (Å²) in [6.45, 7) is 25.8. The van der Waals surface area contributed by atoms with Gasteiger partial charge < -0.3 is 29.2 Å². The van der Waals surface area contributed by atoms with Gasteiger partial charge in [-0.1, -0.05) is 132 Å². The molecule has 5 rings (SSSR count). The van der Waals surface area contributed by atoms with E-state index in [1.54, 1.807) is 14.2 Å². The van der Waals surface area contributed by atoms with Crippen molar-refractivity contribution in [1.82, 2.24) is 0 Å². The summed E-state index contributed by atoms with van der Waals surface area (Å²) in [7, 11) is 3.28. The second kappa shape index (κ2) is 15.2. The van der Waals surface area contributed by atoms with Crippen molar-refractivity contribution in [1.29, 1.82) is 0 Å². The van der Waals surface area contributed by atoms with Crippen molar-refractivity contribution in [2.75, 3.05) is 14.2 Å². The van der Waals surface area contributed by atoms with Crippen LogP contribution in [0.3, 0.4) is 0 Å². The predicted molar refractivity (Wildman–Crippen MR) is 222 cm³/mol. The smallest absolute Gasteiger partial charge is 0.496 e. The number of hydrogen-bond donors (Lipinski definition) is 2. The Hall–Kier alpha value is -4.98. The van der Waals surface area contributed by atoms with E-state index in [0.717, 1.165) is 66.8 Å². The third-order valence-corrected chi connectivity index (χ3v) is 10.7. The number of carbonyl (C=O) groups is 2. The zero-order chi connectivity index (χ0) is 41.7. The van der Waals surface area contributed by atoms with Crippen LogP contribution in [0.1, 0.15) is 150 Å². The van der Waals surface area contributed by atoms with Gasteiger partial charge in [0.25, 0.3) is 0 Å². The predicted octanol–water partition coefficient (Wildman–Crippen LogP) is 11.7. The summed E-state index contributed by atoms with van der Waals surface area (Å²) in [5, 5.41) is 20.4. The first-order valence-corrected chi connectivity index (χ1v) is 19.3. The van der Waals surface area contributed by atoms with E-state index in [0.29, 0.717) is 48.7 Å². The molecule has 8 bridgehead atoms. The fourth-order valence-corrected chi connectivity index (χ4v) is 7.58. The highest BCUT2D eigenvalue weighted by Crippen LogP contribution is 2.44. The number of hydrogen-bond acceptors (Lipinski definition) is 6. The zero-order valence-electron chi connectivity index (χ0n) is 35.8. The summed E-state index contributed by atoms with van der Waals surface area (Å²) >= 11 is 0. The van der Waals surface area contributed by atoms with Gasteiger partial charge in [0.1, 0.15) is 23.0 Å². The molecule has 0 saturated carbocycles. The summed E-state index contributed by atoms with van der Waals surface area (Å²) in [6, 6.07) is 16.8. The summed E-state index contributed by atoms with van der Waals surface area (Å²) in [6.07, 6.45) is -1.52. The molecule has 0 amide bonds. The average molecular weight is 765 g/mol. The number of carboxylic acid groups (broad SMARTS) is 2. The average Bonchev–Trinajstić information content (AvgIpc) is 3.04. The molecule has 300 valence electrons. The van der Waals surface area contributed by atoms with Gasteiger partial charge in [0.2, 0.25) is 0 Å². The first-order valence-electron chi connectivity index (χ1n) is 19.3. The summed E-state index contributed by atoms with van der Waals surface area (Å²) in [4.78, 5) is 25.0. The van der Waals surface area contributed by atoms with Crippen molar-refractivity contribution in [2.45, 2.75) is 130 Å². The van der Waals surface area contributed by atoms with Crippen molar-refractivity contribution < 1.29 is 38.7 Å². The van der Waals surface area contributed by atoms with Gasteiger partial charge in [0, 0.05) is 47.9 Å². The van der Waals surface area contributed by atoms with Crippen molar-refractivity contribution in [3.05, 3.63) is 115 Å². The highest BCUT2D eigenvalue weighted by molar-refractivity contribution is 5.67. The molecule has 0 saturated heterocycles. The number of benzene rings is 4. The van der Waals surface area contributed by atoms with E-state index in [9.17, 15) is 19.8 Å². The highest BCUT2D eigenvalue weighted by Gasteiger charge is 2.30. The molecule has 1 aliphatic rings. The van der Waals surface area contributed by atoms with E-state index in [-0.39, 0.29) is 21.7 Å². The summed E-state index contributed by atoms with van der Waals surface area (Å²) in [5.41, 5.74) is 9.42. The molecule has 0 fully saturated rings. The van der Waals surface area contributed by atoms with Crippen LogP contribution < -0.4 is 18.9 Å². The molecule has 0 heterocycles. The number of ether oxygens (including phenoxy) is 4. The Morgan fingerprint density at radius 3 is 0.714 bits per heavy atom. The van der Waals surface area contributed by atoms with E-state index < -0.39 is 12.3 Å². The highest BCUT2D eigenvalue weighted by atomic mass is 16.7. The zero-order valence-corrected chi connectivity index (χ0v) is 35.8. The number of methoxy groups -OCH3 is 2. The molecule has 2 N–H and O–H groups in total. The number of fused-ring (bicyclic) bond motifs is 8. The number of rotatable bonds is 4. The molecule has 0 unspecified atom stereocenters. The van der Waals surface area contributed by atoms with E-state index in [1.807, 2.05) is 0 Å². The van der Waals surface area contributed by atoms with Crippen molar-refractivity contribution in [2.24, 2.45) is 0 Å². The third kappa shape index (κ3) is 9.17. The van der Waals surface area contributed by atoms with Gasteiger partial charge in [-0.3, -0.25) is 0 Å². The molecule has 1 aliphatic carbocycles. The molecule has 8 nitrogen and oxygen atoms in total. The van der Waals surface area contributed by atoms with Crippen LogP contribution in [0.5, 0.6) is 23.0 Å². The van der Waals surface area contributed by atoms with Crippen molar-refractivity contribution in [3.63, 3.8) is 0 Å². The fourth-order valence-electron chi connectivity index (χ4n) is 7.58. The Kier molecular flexibility index (Phi) is 11.4. The maximum atomic E-state index is 12.5. The Morgan fingerprint density at radius 2 is 0.571 bits per heavy atom. The lowest BCUT2D eigenvalue weighted by atomic mass is 9.79. The molecular weight excluding hydrogens is 705 g/mol. The monoisotopic (exact) mass is 764 g/mol. The Bertz CT molecular complexity index is 1910. The lowest BCUT2D eigenvalue weighted by Crippen LogP contribution is -2.18. The van der Waals surface area contributed by atoms with Crippen LogP contribution in [-0.4, -0.2) is 36.7 Å². The quantitative estimate of drug-likeness (QED) is 0.137. The van der Waals surface area contributed by atoms with Gasteiger partial charge in [0.05, 0.1) is 14.2 Å². The SMILES string of the molecule is COc1c2cc(C(C)(C)C)cc1Cc1cc(C(C)(C)C)cc(c1OC(=O)O)Cc1cc(C(C)(C)C)cc(c1OC)Cc1cc(C(C)(C)C)cc(c1OC(=O)O)C2. The van der Waals surface area contributed by atoms with Gasteiger partial charge in [-0.05, 0) is 66.2 Å². The third-order valence-electron chi connectivity index (χ3n) is 10.7. The van der Waals surface area contributed by atoms with Crippen molar-refractivity contribution in [3.8, 4) is 23.0 Å². The van der Waals surface area contributed by atoms with Gasteiger partial charge in [-0.25, -0.2) is 9.59 Å². The van der Waals surface area contributed by atoms with Gasteiger partial charge in [-0.15, -0.1) is 0 Å². The van der Waals surface area contributed by atoms with Crippen LogP contribution >= 0.6 is 0 Å². The molecule has 0 aliphatic heterocycles. The van der Waals surface area contributed by atoms with Gasteiger partial charge in [0.15, 0.2) is 0 Å². The lowest BCUT2D eigenvalue weighted by Gasteiger charge is -2.28. The van der Waals surface area contributed by atoms with E-state index in [4.69, 9.17) is 18.9 Å². The Labute approximate surface area is 333 Å². The van der Waals surface area contributed by atoms with Crippen LogP contribution in [0.2, 0.25) is 0 Å². The first kappa shape index (κ1) is 42.2. The van der Waals surface area contributed by atoms with Crippen LogP contribution in [-0.2, 0) is 47.3 Å². The molecule has 8 heteroatoms. The van der Waals surface area contributed by atoms with E-state index in [1.165, 1.54) is 0 Å². The maximum absolute atomic E-state index is 12.5. The Morgan fingerprint density at radius 1 is 0.393 bits per heavy atom. The van der Waals surface area contributed by atoms with Crippen LogP contribution in [0.4, 0.5) is 9.59 Å². The van der Waals surface area contributed by atoms with E-state index >= 15 is 0 Å². The molecule has 0 atom stereocenters. The molecule has 0 spiro atoms. The lowest BCUT2D eigenvalue weighted by molar-refractivity contribution is 0.142. The molecule has 0 radical (unpaired) electrons. The first-order chi connectivity index (χ1) is 25.8. The minimum atomic E-state index is -1.39. The molecule has 4 aromatic rings. The van der Waals surface area contributed by atoms with Crippen LogP contribution in [0.25, 0.3) is 0 Å². The second-order valence-electron chi connectivity index (χ2n) is 19.3. The summed E-state index contributed by atoms with van der Waals surface area (Å²) < 4.78 is 24.0. The molecule has 56 heavy (non-hydrogen) atoms. The molecule has 4 aromatic carbocycles. The fraction of sp³-hybridized carbons (Fsp3) is 0.458. The molecular formula is C48H60O8. The van der Waals surface area contributed by atoms with Crippen LogP contribution in [0.15, 0.2) is 48.5 Å². The summed E-state index contributed by atoms with van der Waals surface area (Å²) in [5.74, 6) is 1.87. The van der Waals surface area contributed by atoms with Gasteiger partial charge in [-0.2, -0.15) is 0 Å². The topological polar surface area (TPSA) is 112 Å². The van der Waals surface area contributed by atoms with Gasteiger partial charge >= 0.3 is 12.3 Å². The van der Waals surface area contributed by atoms with E-state index in [2.05, 4.69) is 132 Å². The van der Waals surface area contributed by atoms with Crippen LogP contribution in [0, 0.1) is 0 Å². The molecule has 0 aromatic heterocycles. The minimum Gasteiger partial charge on any atom is -0.496 e. The largest absolute Gasteiger partial charge is 0.511 e. The standard InChI is InChI=1S/C48H60O8/c1-45(2,3)35-19-27-15-31-23-37(47(7,8)9)25-33(41(31)55-43(49)50)17-29-21-36(46(4,5)6)22-30(40(29)54-14)18-34-26-38(48(10,11)12)24-32(42(34)56-44(51)52)16-28(20-35)39(27)53-13/h19-26H,15-18H2,1-14H3,(H,49,50)(H,51,52). The second-order valence-corrected chi connectivity index (χ2v) is 19.3. The maximum Gasteiger partial charge on any atom is 0.511 e. The Balaban J connectivity index is 2.02. The minimum absolute atomic E-state index is 0.266. The van der Waals surface area contributed by atoms with Crippen molar-refractivity contribution >= 4 is 12.3 Å². The normalized spacial score (nSPS) is 13.5.